The summed E-state index contributed by atoms with van der Waals surface area (Å²) in [7, 11) is 0. The van der Waals surface area contributed by atoms with Crippen LogP contribution in [0.3, 0.4) is 0 Å². The molecule has 2 nitrogen and oxygen atoms in total. The number of hydrogen-bond acceptors (Lipinski definition) is 2. The van der Waals surface area contributed by atoms with Crippen molar-refractivity contribution in [3.63, 3.8) is 0 Å². The van der Waals surface area contributed by atoms with Crippen LogP contribution in [0, 0.1) is 23.2 Å². The third kappa shape index (κ3) is 2.05. The fourth-order valence-electron chi connectivity index (χ4n) is 2.39. The van der Waals surface area contributed by atoms with Gasteiger partial charge in [-0.1, -0.05) is 29.3 Å². The van der Waals surface area contributed by atoms with Crippen molar-refractivity contribution in [1.82, 2.24) is 0 Å². The van der Waals surface area contributed by atoms with E-state index in [9.17, 15) is 0 Å². The molecule has 0 aromatic rings. The lowest BCUT2D eigenvalue weighted by Crippen LogP contribution is -2.03. The molecule has 0 bridgehead atoms. The fourth-order valence-corrected chi connectivity index (χ4v) is 3.64. The molecule has 13 heavy (non-hydrogen) atoms. The van der Waals surface area contributed by atoms with Crippen LogP contribution in [-0.2, 0) is 0 Å². The van der Waals surface area contributed by atoms with Gasteiger partial charge >= 0.3 is 0 Å². The zero-order valence-electron chi connectivity index (χ0n) is 7.96. The van der Waals surface area contributed by atoms with E-state index in [1.165, 1.54) is 0 Å². The molecule has 0 aromatic heterocycles. The Morgan fingerprint density at radius 2 is 2.23 bits per heavy atom. The highest BCUT2D eigenvalue weighted by atomic mass is 79.9. The van der Waals surface area contributed by atoms with Crippen LogP contribution in [0.25, 0.3) is 0 Å². The van der Waals surface area contributed by atoms with Crippen LogP contribution in [0.2, 0.25) is 0 Å². The quantitative estimate of drug-likeness (QED) is 0.757. The summed E-state index contributed by atoms with van der Waals surface area (Å²) in [6.45, 7) is 2.44. The highest BCUT2D eigenvalue weighted by Gasteiger charge is 2.60. The minimum absolute atomic E-state index is 0.167. The first kappa shape index (κ1) is 11.0. The van der Waals surface area contributed by atoms with Crippen molar-refractivity contribution in [3.05, 3.63) is 0 Å². The Hall–Kier alpha value is -0.0700. The van der Waals surface area contributed by atoms with E-state index < -0.39 is 0 Å². The largest absolute Gasteiger partial charge is 0.396 e. The summed E-state index contributed by atoms with van der Waals surface area (Å²) < 4.78 is 0.167. The van der Waals surface area contributed by atoms with Gasteiger partial charge in [-0.3, -0.25) is 0 Å². The van der Waals surface area contributed by atoms with Crippen molar-refractivity contribution < 1.29 is 5.11 Å². The number of nitrogens with zero attached hydrogens (tertiary/aromatic N) is 1. The van der Waals surface area contributed by atoms with Crippen LogP contribution in [0.1, 0.15) is 32.6 Å². The number of halogens is 1. The summed E-state index contributed by atoms with van der Waals surface area (Å²) >= 11 is 3.72. The Morgan fingerprint density at radius 1 is 1.54 bits per heavy atom. The lowest BCUT2D eigenvalue weighted by Gasteiger charge is -2.05. The minimum Gasteiger partial charge on any atom is -0.396 e. The van der Waals surface area contributed by atoms with Crippen LogP contribution in [0.5, 0.6) is 0 Å². The van der Waals surface area contributed by atoms with E-state index in [0.717, 1.165) is 19.3 Å². The minimum atomic E-state index is 0.167. The Bertz CT molecular complexity index is 213. The molecule has 0 aliphatic heterocycles. The molecule has 0 saturated heterocycles. The first-order chi connectivity index (χ1) is 6.20. The SMILES string of the molecule is CC[C@@H]1C(CCO)[C@@]1(Br)CCC#N. The molecule has 3 atom stereocenters. The molecule has 0 radical (unpaired) electrons. The topological polar surface area (TPSA) is 44.0 Å². The number of nitriles is 1. The van der Waals surface area contributed by atoms with Crippen molar-refractivity contribution >= 4 is 15.9 Å². The van der Waals surface area contributed by atoms with E-state index in [1.54, 1.807) is 0 Å². The molecule has 1 rings (SSSR count). The zero-order valence-corrected chi connectivity index (χ0v) is 9.55. The standard InChI is InChI=1S/C10H16BrNO/c1-2-8-9(4-7-13)10(8,11)5-3-6-12/h8-9,13H,2-5,7H2,1H3/t8-,9?,10-/m1/s1. The zero-order chi connectivity index (χ0) is 9.90. The van der Waals surface area contributed by atoms with Gasteiger partial charge in [-0.15, -0.1) is 0 Å². The monoisotopic (exact) mass is 245 g/mol. The van der Waals surface area contributed by atoms with E-state index in [2.05, 4.69) is 28.9 Å². The normalized spacial score (nSPS) is 37.1. The van der Waals surface area contributed by atoms with Crippen molar-refractivity contribution in [2.24, 2.45) is 11.8 Å². The molecule has 0 amide bonds. The number of alkyl halides is 1. The maximum Gasteiger partial charge on any atom is 0.0622 e. The molecule has 1 fully saturated rings. The second-order valence-corrected chi connectivity index (χ2v) is 5.19. The Morgan fingerprint density at radius 3 is 2.69 bits per heavy atom. The maximum absolute atomic E-state index is 8.86. The van der Waals surface area contributed by atoms with Crippen molar-refractivity contribution in [2.45, 2.75) is 36.9 Å². The van der Waals surface area contributed by atoms with Crippen LogP contribution in [-0.4, -0.2) is 16.0 Å². The van der Waals surface area contributed by atoms with Crippen molar-refractivity contribution in [2.75, 3.05) is 6.61 Å². The molecule has 1 N–H and O–H groups in total. The third-order valence-electron chi connectivity index (χ3n) is 3.11. The molecular weight excluding hydrogens is 230 g/mol. The van der Waals surface area contributed by atoms with Gasteiger partial charge in [0.25, 0.3) is 0 Å². The molecule has 0 heterocycles. The predicted octanol–water partition coefficient (Wildman–Crippen LogP) is 2.46. The Kier molecular flexibility index (Phi) is 3.75. The van der Waals surface area contributed by atoms with E-state index in [4.69, 9.17) is 10.4 Å². The molecule has 1 saturated carbocycles. The first-order valence-electron chi connectivity index (χ1n) is 4.87. The maximum atomic E-state index is 8.86. The molecule has 74 valence electrons. The molecule has 3 heteroatoms. The smallest absolute Gasteiger partial charge is 0.0622 e. The summed E-state index contributed by atoms with van der Waals surface area (Å²) in [5.41, 5.74) is 0. The van der Waals surface area contributed by atoms with E-state index in [1.807, 2.05) is 0 Å². The van der Waals surface area contributed by atoms with E-state index >= 15 is 0 Å². The average molecular weight is 246 g/mol. The molecule has 1 aliphatic carbocycles. The van der Waals surface area contributed by atoms with Gasteiger partial charge in [-0.05, 0) is 24.7 Å². The van der Waals surface area contributed by atoms with E-state index in [0.29, 0.717) is 18.3 Å². The van der Waals surface area contributed by atoms with Crippen LogP contribution >= 0.6 is 15.9 Å². The van der Waals surface area contributed by atoms with Crippen LogP contribution in [0.15, 0.2) is 0 Å². The van der Waals surface area contributed by atoms with Crippen LogP contribution in [0.4, 0.5) is 0 Å². The van der Waals surface area contributed by atoms with Crippen LogP contribution < -0.4 is 0 Å². The summed E-state index contributed by atoms with van der Waals surface area (Å²) in [6.07, 6.45) is 3.55. The average Bonchev–Trinajstić information content (AvgIpc) is 2.69. The Labute approximate surface area is 88.1 Å². The van der Waals surface area contributed by atoms with Crippen molar-refractivity contribution in [3.8, 4) is 6.07 Å². The van der Waals surface area contributed by atoms with E-state index in [-0.39, 0.29) is 10.9 Å². The predicted molar refractivity (Wildman–Crippen MR) is 55.5 cm³/mol. The van der Waals surface area contributed by atoms with Gasteiger partial charge in [-0.25, -0.2) is 0 Å². The number of aliphatic hydroxyl groups is 1. The fraction of sp³-hybridized carbons (Fsp3) is 0.900. The highest BCUT2D eigenvalue weighted by Crippen LogP contribution is 2.62. The van der Waals surface area contributed by atoms with Gasteiger partial charge in [0.1, 0.15) is 0 Å². The lowest BCUT2D eigenvalue weighted by molar-refractivity contribution is 0.275. The van der Waals surface area contributed by atoms with Gasteiger partial charge in [-0.2, -0.15) is 5.26 Å². The highest BCUT2D eigenvalue weighted by molar-refractivity contribution is 9.10. The molecule has 0 aromatic carbocycles. The van der Waals surface area contributed by atoms with Gasteiger partial charge < -0.3 is 5.11 Å². The van der Waals surface area contributed by atoms with Gasteiger partial charge in [0.05, 0.1) is 6.07 Å². The molecule has 1 aliphatic rings. The second kappa shape index (κ2) is 4.43. The summed E-state index contributed by atoms with van der Waals surface area (Å²) in [6, 6.07) is 2.18. The Balaban J connectivity index is 2.45. The summed E-state index contributed by atoms with van der Waals surface area (Å²) in [4.78, 5) is 0. The second-order valence-electron chi connectivity index (χ2n) is 3.72. The van der Waals surface area contributed by atoms with Gasteiger partial charge in [0.15, 0.2) is 0 Å². The number of aliphatic hydroxyl groups excluding tert-OH is 1. The number of rotatable bonds is 5. The summed E-state index contributed by atoms with van der Waals surface area (Å²) in [5.74, 6) is 1.24. The van der Waals surface area contributed by atoms with Gasteiger partial charge in [0.2, 0.25) is 0 Å². The third-order valence-corrected chi connectivity index (χ3v) is 4.68. The lowest BCUT2D eigenvalue weighted by atomic mass is 10.1. The molecule has 1 unspecified atom stereocenters. The first-order valence-corrected chi connectivity index (χ1v) is 5.66. The number of hydrogen-bond donors (Lipinski definition) is 1. The van der Waals surface area contributed by atoms with Gasteiger partial charge in [0, 0.05) is 17.4 Å². The molecule has 0 spiro atoms. The summed E-state index contributed by atoms with van der Waals surface area (Å²) in [5, 5.41) is 17.4. The van der Waals surface area contributed by atoms with Crippen molar-refractivity contribution in [1.29, 1.82) is 5.26 Å². The molecular formula is C10H16BrNO.